The van der Waals surface area contributed by atoms with Crippen molar-refractivity contribution < 1.29 is 9.53 Å². The number of fused-ring (bicyclic) bond motifs is 1. The van der Waals surface area contributed by atoms with Gasteiger partial charge >= 0.3 is 0 Å². The van der Waals surface area contributed by atoms with Crippen LogP contribution < -0.4 is 10.1 Å². The molecule has 0 aliphatic heterocycles. The zero-order valence-electron chi connectivity index (χ0n) is 15.9. The number of benzene rings is 2. The lowest BCUT2D eigenvalue weighted by Gasteiger charge is -2.09. The SMILES string of the molecule is CC(=O)NCCc1ccc2nc(Oc3ccc(SC(C)C)cc3)ccc2c1. The monoisotopic (exact) mass is 380 g/mol. The van der Waals surface area contributed by atoms with Gasteiger partial charge in [0.2, 0.25) is 11.8 Å². The van der Waals surface area contributed by atoms with E-state index in [4.69, 9.17) is 4.74 Å². The first-order valence-corrected chi connectivity index (χ1v) is 9.96. The van der Waals surface area contributed by atoms with Gasteiger partial charge in [-0.25, -0.2) is 4.98 Å². The van der Waals surface area contributed by atoms with Crippen molar-refractivity contribution in [1.29, 1.82) is 0 Å². The van der Waals surface area contributed by atoms with Gasteiger partial charge in [-0.05, 0) is 54.4 Å². The van der Waals surface area contributed by atoms with E-state index in [0.29, 0.717) is 17.7 Å². The Morgan fingerprint density at radius 2 is 1.89 bits per heavy atom. The third-order valence-corrected chi connectivity index (χ3v) is 4.95. The van der Waals surface area contributed by atoms with Crippen molar-refractivity contribution in [2.45, 2.75) is 37.3 Å². The van der Waals surface area contributed by atoms with Gasteiger partial charge in [0, 0.05) is 35.1 Å². The number of carbonyl (C=O) groups excluding carboxylic acids is 1. The van der Waals surface area contributed by atoms with Crippen molar-refractivity contribution in [3.8, 4) is 11.6 Å². The standard InChI is InChI=1S/C22H24N2O2S/c1-15(2)27-20-8-6-19(7-9-20)26-22-11-5-18-14-17(4-10-21(18)24-22)12-13-23-16(3)25/h4-11,14-15H,12-13H2,1-3H3,(H,23,25). The molecule has 0 aliphatic rings. The Morgan fingerprint density at radius 1 is 1.11 bits per heavy atom. The molecular formula is C22H24N2O2S. The largest absolute Gasteiger partial charge is 0.439 e. The van der Waals surface area contributed by atoms with E-state index in [0.717, 1.165) is 23.1 Å². The van der Waals surface area contributed by atoms with E-state index in [-0.39, 0.29) is 5.91 Å². The van der Waals surface area contributed by atoms with Crippen LogP contribution in [0.15, 0.2) is 59.5 Å². The molecular weight excluding hydrogens is 356 g/mol. The van der Waals surface area contributed by atoms with E-state index in [1.165, 1.54) is 17.4 Å². The zero-order valence-corrected chi connectivity index (χ0v) is 16.7. The Balaban J connectivity index is 1.68. The fourth-order valence-electron chi connectivity index (χ4n) is 2.73. The molecule has 0 bridgehead atoms. The number of ether oxygens (including phenoxy) is 1. The van der Waals surface area contributed by atoms with Crippen LogP contribution in [0.5, 0.6) is 11.6 Å². The molecule has 0 fully saturated rings. The Bertz CT molecular complexity index is 923. The zero-order chi connectivity index (χ0) is 19.2. The third-order valence-electron chi connectivity index (χ3n) is 3.93. The molecule has 5 heteroatoms. The summed E-state index contributed by atoms with van der Waals surface area (Å²) in [7, 11) is 0. The summed E-state index contributed by atoms with van der Waals surface area (Å²) < 4.78 is 5.90. The number of thioether (sulfide) groups is 1. The van der Waals surface area contributed by atoms with Gasteiger partial charge in [0.1, 0.15) is 5.75 Å². The minimum atomic E-state index is -0.00456. The Labute approximate surface area is 164 Å². The van der Waals surface area contributed by atoms with Crippen LogP contribution in [0.2, 0.25) is 0 Å². The smallest absolute Gasteiger partial charge is 0.219 e. The molecule has 2 aromatic carbocycles. The number of rotatable bonds is 7. The lowest BCUT2D eigenvalue weighted by atomic mass is 10.1. The highest BCUT2D eigenvalue weighted by molar-refractivity contribution is 7.99. The fraction of sp³-hybridized carbons (Fsp3) is 0.273. The molecule has 1 heterocycles. The topological polar surface area (TPSA) is 51.2 Å². The number of aromatic nitrogens is 1. The van der Waals surface area contributed by atoms with Crippen molar-refractivity contribution >= 4 is 28.6 Å². The summed E-state index contributed by atoms with van der Waals surface area (Å²) in [6.45, 7) is 6.53. The molecule has 140 valence electrons. The molecule has 4 nitrogen and oxygen atoms in total. The highest BCUT2D eigenvalue weighted by Crippen LogP contribution is 2.27. The summed E-state index contributed by atoms with van der Waals surface area (Å²) >= 11 is 1.83. The number of hydrogen-bond donors (Lipinski definition) is 1. The normalized spacial score (nSPS) is 11.0. The molecule has 3 rings (SSSR count). The minimum Gasteiger partial charge on any atom is -0.439 e. The van der Waals surface area contributed by atoms with E-state index in [9.17, 15) is 4.79 Å². The van der Waals surface area contributed by atoms with Gasteiger partial charge < -0.3 is 10.1 Å². The van der Waals surface area contributed by atoms with Crippen molar-refractivity contribution in [3.63, 3.8) is 0 Å². The number of carbonyl (C=O) groups is 1. The number of nitrogens with zero attached hydrogens (tertiary/aromatic N) is 1. The Kier molecular flexibility index (Phi) is 6.35. The van der Waals surface area contributed by atoms with E-state index >= 15 is 0 Å². The van der Waals surface area contributed by atoms with Crippen LogP contribution in [-0.2, 0) is 11.2 Å². The Hall–Kier alpha value is -2.53. The minimum absolute atomic E-state index is 0.00456. The van der Waals surface area contributed by atoms with Crippen LogP contribution in [0.1, 0.15) is 26.3 Å². The van der Waals surface area contributed by atoms with Gasteiger partial charge in [-0.15, -0.1) is 11.8 Å². The molecule has 1 N–H and O–H groups in total. The predicted molar refractivity (Wildman–Crippen MR) is 112 cm³/mol. The molecule has 0 saturated carbocycles. The van der Waals surface area contributed by atoms with Crippen LogP contribution in [0.3, 0.4) is 0 Å². The molecule has 1 amide bonds. The second-order valence-corrected chi connectivity index (χ2v) is 8.30. The van der Waals surface area contributed by atoms with Gasteiger partial charge in [0.05, 0.1) is 5.52 Å². The van der Waals surface area contributed by atoms with E-state index in [1.54, 1.807) is 0 Å². The van der Waals surface area contributed by atoms with Gasteiger partial charge in [-0.3, -0.25) is 4.79 Å². The van der Waals surface area contributed by atoms with Crippen molar-refractivity contribution in [2.75, 3.05) is 6.54 Å². The first-order chi connectivity index (χ1) is 13.0. The molecule has 0 saturated heterocycles. The highest BCUT2D eigenvalue weighted by Gasteiger charge is 2.04. The van der Waals surface area contributed by atoms with Crippen molar-refractivity contribution in [1.82, 2.24) is 10.3 Å². The second-order valence-electron chi connectivity index (χ2n) is 6.65. The first kappa shape index (κ1) is 19.2. The summed E-state index contributed by atoms with van der Waals surface area (Å²) in [5.41, 5.74) is 2.06. The van der Waals surface area contributed by atoms with E-state index in [1.807, 2.05) is 48.2 Å². The van der Waals surface area contributed by atoms with Crippen LogP contribution in [0, 0.1) is 0 Å². The molecule has 0 unspecified atom stereocenters. The average molecular weight is 381 g/mol. The van der Waals surface area contributed by atoms with Crippen molar-refractivity contribution in [3.05, 3.63) is 60.2 Å². The fourth-order valence-corrected chi connectivity index (χ4v) is 3.57. The van der Waals surface area contributed by atoms with Gasteiger partial charge in [0.15, 0.2) is 0 Å². The van der Waals surface area contributed by atoms with Crippen LogP contribution in [-0.4, -0.2) is 22.7 Å². The molecule has 3 aromatic rings. The average Bonchev–Trinajstić information content (AvgIpc) is 2.63. The number of pyridine rings is 1. The third kappa shape index (κ3) is 5.73. The number of hydrogen-bond acceptors (Lipinski definition) is 4. The summed E-state index contributed by atoms with van der Waals surface area (Å²) in [4.78, 5) is 16.8. The molecule has 0 aliphatic carbocycles. The maximum atomic E-state index is 11.0. The quantitative estimate of drug-likeness (QED) is 0.572. The van der Waals surface area contributed by atoms with Crippen molar-refractivity contribution in [2.24, 2.45) is 0 Å². The molecule has 0 spiro atoms. The van der Waals surface area contributed by atoms with E-state index in [2.05, 4.69) is 42.3 Å². The van der Waals surface area contributed by atoms with Crippen LogP contribution in [0.25, 0.3) is 10.9 Å². The molecule has 0 radical (unpaired) electrons. The summed E-state index contributed by atoms with van der Waals surface area (Å²) in [6.07, 6.45) is 0.800. The van der Waals surface area contributed by atoms with E-state index < -0.39 is 0 Å². The molecule has 0 atom stereocenters. The maximum Gasteiger partial charge on any atom is 0.219 e. The number of amides is 1. The molecule has 27 heavy (non-hydrogen) atoms. The summed E-state index contributed by atoms with van der Waals surface area (Å²) in [5.74, 6) is 1.36. The maximum absolute atomic E-state index is 11.0. The first-order valence-electron chi connectivity index (χ1n) is 9.08. The van der Waals surface area contributed by atoms with Gasteiger partial charge in [-0.1, -0.05) is 19.9 Å². The molecule has 1 aromatic heterocycles. The summed E-state index contributed by atoms with van der Waals surface area (Å²) in [5, 5.41) is 4.44. The Morgan fingerprint density at radius 3 is 2.59 bits per heavy atom. The highest BCUT2D eigenvalue weighted by atomic mass is 32.2. The summed E-state index contributed by atoms with van der Waals surface area (Å²) in [6, 6.07) is 18.1. The second kappa shape index (κ2) is 8.91. The lowest BCUT2D eigenvalue weighted by molar-refractivity contribution is -0.118. The van der Waals surface area contributed by atoms with Crippen LogP contribution in [0.4, 0.5) is 0 Å². The van der Waals surface area contributed by atoms with Crippen LogP contribution >= 0.6 is 11.8 Å². The predicted octanol–water partition coefficient (Wildman–Crippen LogP) is 5.21. The lowest BCUT2D eigenvalue weighted by Crippen LogP contribution is -2.22. The van der Waals surface area contributed by atoms with Gasteiger partial charge in [0.25, 0.3) is 0 Å². The number of nitrogens with one attached hydrogen (secondary N) is 1. The van der Waals surface area contributed by atoms with Gasteiger partial charge in [-0.2, -0.15) is 0 Å².